The molecule has 0 spiro atoms. The summed E-state index contributed by atoms with van der Waals surface area (Å²) in [6.45, 7) is 4.73. The van der Waals surface area contributed by atoms with Gasteiger partial charge in [-0.25, -0.2) is 5.43 Å². The van der Waals surface area contributed by atoms with E-state index in [9.17, 15) is 9.90 Å². The van der Waals surface area contributed by atoms with Crippen LogP contribution in [-0.2, 0) is 4.79 Å². The van der Waals surface area contributed by atoms with Crippen LogP contribution in [0.5, 0.6) is 11.5 Å². The number of carbonyl (C=O) groups excluding carboxylic acids is 1. The molecule has 4 bridgehead atoms. The second kappa shape index (κ2) is 5.73. The summed E-state index contributed by atoms with van der Waals surface area (Å²) >= 11 is 0. The highest BCUT2D eigenvalue weighted by molar-refractivity contribution is 5.86. The van der Waals surface area contributed by atoms with E-state index in [2.05, 4.69) is 24.4 Å². The molecule has 0 radical (unpaired) electrons. The van der Waals surface area contributed by atoms with Gasteiger partial charge in [-0.3, -0.25) is 4.79 Å². The highest BCUT2D eigenvalue weighted by Crippen LogP contribution is 2.69. The van der Waals surface area contributed by atoms with Gasteiger partial charge in [0.15, 0.2) is 11.5 Å². The molecule has 1 aromatic carbocycles. The van der Waals surface area contributed by atoms with Crippen molar-refractivity contribution in [1.82, 2.24) is 5.43 Å². The number of phenolic OH excluding ortho intramolecular Hbond substituents is 1. The molecule has 4 aliphatic carbocycles. The van der Waals surface area contributed by atoms with Gasteiger partial charge in [0, 0.05) is 0 Å². The Kier molecular flexibility index (Phi) is 3.83. The quantitative estimate of drug-likeness (QED) is 0.636. The zero-order chi connectivity index (χ0) is 18.6. The summed E-state index contributed by atoms with van der Waals surface area (Å²) in [6.07, 6.45) is 8.38. The molecule has 0 saturated heterocycles. The van der Waals surface area contributed by atoms with Gasteiger partial charge in [0.25, 0.3) is 0 Å². The van der Waals surface area contributed by atoms with Gasteiger partial charge < -0.3 is 9.84 Å². The summed E-state index contributed by atoms with van der Waals surface area (Å²) in [5, 5.41) is 13.8. The second-order valence-corrected chi connectivity index (χ2v) is 9.54. The summed E-state index contributed by atoms with van der Waals surface area (Å²) in [6, 6.07) is 4.99. The molecular weight excluding hydrogens is 328 g/mol. The van der Waals surface area contributed by atoms with Crippen molar-refractivity contribution in [2.24, 2.45) is 27.3 Å². The molecule has 2 atom stereocenters. The van der Waals surface area contributed by atoms with Crippen LogP contribution in [-0.4, -0.2) is 24.3 Å². The van der Waals surface area contributed by atoms with Crippen LogP contribution in [0.1, 0.15) is 57.9 Å². The Morgan fingerprint density at radius 3 is 2.54 bits per heavy atom. The Labute approximate surface area is 154 Å². The van der Waals surface area contributed by atoms with E-state index in [0.29, 0.717) is 22.5 Å². The molecule has 140 valence electrons. The standard InChI is InChI=1S/C21H28N2O3/c1-19-7-15-8-20(2,11-19)13-21(9-15,12-19)18(25)23-22-10-14-4-5-16(24)17(6-14)26-3/h4-6,10,15,24H,7-9,11-13H2,1-3H3,(H,23,25)/b22-10+. The van der Waals surface area contributed by atoms with Crippen LogP contribution in [0.15, 0.2) is 23.3 Å². The molecule has 5 nitrogen and oxygen atoms in total. The van der Waals surface area contributed by atoms with Gasteiger partial charge in [-0.1, -0.05) is 13.8 Å². The van der Waals surface area contributed by atoms with E-state index in [1.54, 1.807) is 24.4 Å². The lowest BCUT2D eigenvalue weighted by atomic mass is 9.40. The lowest BCUT2D eigenvalue weighted by Gasteiger charge is -2.64. The molecule has 1 amide bonds. The number of nitrogens with zero attached hydrogens (tertiary/aromatic N) is 1. The molecule has 2 N–H and O–H groups in total. The number of hydrogen-bond acceptors (Lipinski definition) is 4. The molecule has 0 aromatic heterocycles. The summed E-state index contributed by atoms with van der Waals surface area (Å²) in [7, 11) is 1.51. The summed E-state index contributed by atoms with van der Waals surface area (Å²) < 4.78 is 5.10. The van der Waals surface area contributed by atoms with E-state index in [-0.39, 0.29) is 17.1 Å². The first-order valence-corrected chi connectivity index (χ1v) is 9.46. The highest BCUT2D eigenvalue weighted by atomic mass is 16.5. The van der Waals surface area contributed by atoms with E-state index in [1.165, 1.54) is 26.4 Å². The Balaban J connectivity index is 1.49. The number of nitrogens with one attached hydrogen (secondary N) is 1. The van der Waals surface area contributed by atoms with Gasteiger partial charge in [0.1, 0.15) is 0 Å². The minimum atomic E-state index is -0.257. The van der Waals surface area contributed by atoms with Crippen molar-refractivity contribution < 1.29 is 14.6 Å². The maximum absolute atomic E-state index is 13.1. The summed E-state index contributed by atoms with van der Waals surface area (Å²) in [5.74, 6) is 1.23. The van der Waals surface area contributed by atoms with Gasteiger partial charge in [0.2, 0.25) is 5.91 Å². The third kappa shape index (κ3) is 2.87. The average molecular weight is 356 g/mol. The van der Waals surface area contributed by atoms with Crippen LogP contribution in [0.4, 0.5) is 0 Å². The van der Waals surface area contributed by atoms with Gasteiger partial charge in [-0.15, -0.1) is 0 Å². The predicted molar refractivity (Wildman–Crippen MR) is 100 cm³/mol. The largest absolute Gasteiger partial charge is 0.504 e. The fourth-order valence-electron chi connectivity index (χ4n) is 6.76. The number of rotatable bonds is 4. The monoisotopic (exact) mass is 356 g/mol. The smallest absolute Gasteiger partial charge is 0.246 e. The third-order valence-corrected chi connectivity index (χ3v) is 6.69. The van der Waals surface area contributed by atoms with Crippen LogP contribution in [0.3, 0.4) is 0 Å². The SMILES string of the molecule is COc1cc(/C=N/NC(=O)C23CC4CC(C)(CC(C)(C4)C2)C3)ccc1O. The molecule has 0 aliphatic heterocycles. The molecule has 1 aromatic rings. The zero-order valence-corrected chi connectivity index (χ0v) is 15.8. The number of amides is 1. The summed E-state index contributed by atoms with van der Waals surface area (Å²) in [4.78, 5) is 13.1. The van der Waals surface area contributed by atoms with Crippen LogP contribution >= 0.6 is 0 Å². The van der Waals surface area contributed by atoms with E-state index in [1.807, 2.05) is 0 Å². The van der Waals surface area contributed by atoms with Gasteiger partial charge >= 0.3 is 0 Å². The first kappa shape index (κ1) is 17.4. The van der Waals surface area contributed by atoms with E-state index < -0.39 is 0 Å². The van der Waals surface area contributed by atoms with Crippen molar-refractivity contribution in [2.45, 2.75) is 52.4 Å². The van der Waals surface area contributed by atoms with Crippen molar-refractivity contribution in [3.05, 3.63) is 23.8 Å². The van der Waals surface area contributed by atoms with Gasteiger partial charge in [-0.2, -0.15) is 5.10 Å². The van der Waals surface area contributed by atoms with Crippen LogP contribution in [0.2, 0.25) is 0 Å². The molecule has 5 rings (SSSR count). The van der Waals surface area contributed by atoms with Crippen molar-refractivity contribution in [2.75, 3.05) is 7.11 Å². The number of benzene rings is 1. The van der Waals surface area contributed by atoms with Crippen LogP contribution in [0.25, 0.3) is 0 Å². The lowest BCUT2D eigenvalue weighted by Crippen LogP contribution is -2.59. The third-order valence-electron chi connectivity index (χ3n) is 6.69. The van der Waals surface area contributed by atoms with Crippen LogP contribution in [0, 0.1) is 22.2 Å². The van der Waals surface area contributed by atoms with Crippen molar-refractivity contribution >= 4 is 12.1 Å². The number of aromatic hydroxyl groups is 1. The van der Waals surface area contributed by atoms with E-state index in [4.69, 9.17) is 4.74 Å². The van der Waals surface area contributed by atoms with Gasteiger partial charge in [0.05, 0.1) is 18.7 Å². The predicted octanol–water partition coefficient (Wildman–Crippen LogP) is 3.85. The van der Waals surface area contributed by atoms with Crippen molar-refractivity contribution in [3.63, 3.8) is 0 Å². The number of hydrogen-bond donors (Lipinski definition) is 2. The normalized spacial score (nSPS) is 37.9. The number of hydrazone groups is 1. The Bertz CT molecular complexity index is 755. The Morgan fingerprint density at radius 1 is 1.23 bits per heavy atom. The molecule has 2 unspecified atom stereocenters. The van der Waals surface area contributed by atoms with E-state index >= 15 is 0 Å². The Morgan fingerprint density at radius 2 is 1.92 bits per heavy atom. The molecule has 4 fully saturated rings. The number of ether oxygens (including phenoxy) is 1. The first-order valence-electron chi connectivity index (χ1n) is 9.46. The summed E-state index contributed by atoms with van der Waals surface area (Å²) in [5.41, 5.74) is 3.92. The number of carbonyl (C=O) groups is 1. The minimum absolute atomic E-state index is 0.0704. The second-order valence-electron chi connectivity index (χ2n) is 9.54. The van der Waals surface area contributed by atoms with Crippen molar-refractivity contribution in [1.29, 1.82) is 0 Å². The Hall–Kier alpha value is -2.04. The fourth-order valence-corrected chi connectivity index (χ4v) is 6.76. The zero-order valence-electron chi connectivity index (χ0n) is 15.8. The molecule has 0 heterocycles. The number of phenols is 1. The van der Waals surface area contributed by atoms with Gasteiger partial charge in [-0.05, 0) is 79.0 Å². The molecule has 4 aliphatic rings. The molecule has 26 heavy (non-hydrogen) atoms. The number of methoxy groups -OCH3 is 1. The molecular formula is C21H28N2O3. The topological polar surface area (TPSA) is 70.9 Å². The fraction of sp³-hybridized carbons (Fsp3) is 0.619. The highest BCUT2D eigenvalue weighted by Gasteiger charge is 2.62. The maximum atomic E-state index is 13.1. The van der Waals surface area contributed by atoms with Crippen LogP contribution < -0.4 is 10.2 Å². The maximum Gasteiger partial charge on any atom is 0.246 e. The average Bonchev–Trinajstić information content (AvgIpc) is 2.53. The van der Waals surface area contributed by atoms with E-state index in [0.717, 1.165) is 24.8 Å². The van der Waals surface area contributed by atoms with Crippen molar-refractivity contribution in [3.8, 4) is 11.5 Å². The minimum Gasteiger partial charge on any atom is -0.504 e. The molecule has 4 saturated carbocycles. The lowest BCUT2D eigenvalue weighted by molar-refractivity contribution is -0.170. The molecule has 5 heteroatoms. The first-order chi connectivity index (χ1) is 12.2.